The number of benzene rings is 2. The van der Waals surface area contributed by atoms with Crippen molar-refractivity contribution in [1.82, 2.24) is 15.0 Å². The number of hydrazine groups is 1. The van der Waals surface area contributed by atoms with Crippen molar-refractivity contribution in [3.63, 3.8) is 0 Å². The number of aliphatic hydroxyl groups is 1. The molecule has 1 aliphatic heterocycles. The van der Waals surface area contributed by atoms with Gasteiger partial charge in [-0.1, -0.05) is 24.3 Å². The number of aliphatic hydroxyl groups excluding tert-OH is 1. The minimum Gasteiger partial charge on any atom is -0.503 e. The molecule has 0 radical (unpaired) electrons. The maximum atomic E-state index is 14.3. The van der Waals surface area contributed by atoms with E-state index in [0.29, 0.717) is 12.5 Å². The molecular formula is C27H22F3N3O5. The van der Waals surface area contributed by atoms with Crippen molar-refractivity contribution in [2.45, 2.75) is 25.8 Å². The molecule has 2 aromatic carbocycles. The largest absolute Gasteiger partial charge is 0.503 e. The third-order valence-electron chi connectivity index (χ3n) is 5.96. The Morgan fingerprint density at radius 1 is 1.00 bits per heavy atom. The molecule has 0 bridgehead atoms. The van der Waals surface area contributed by atoms with Crippen LogP contribution in [0.5, 0.6) is 0 Å². The van der Waals surface area contributed by atoms with Gasteiger partial charge in [-0.25, -0.2) is 13.2 Å². The summed E-state index contributed by atoms with van der Waals surface area (Å²) in [6.45, 7) is -0.336. The molecule has 1 aliphatic rings. The van der Waals surface area contributed by atoms with Crippen molar-refractivity contribution in [1.29, 1.82) is 0 Å². The van der Waals surface area contributed by atoms with Crippen molar-refractivity contribution in [3.05, 3.63) is 117 Å². The summed E-state index contributed by atoms with van der Waals surface area (Å²) in [4.78, 5) is 50.0. The number of pyridine rings is 1. The third kappa shape index (κ3) is 5.83. The topological polar surface area (TPSA) is 109 Å². The Morgan fingerprint density at radius 2 is 1.68 bits per heavy atom. The van der Waals surface area contributed by atoms with E-state index in [9.17, 15) is 37.5 Å². The molecule has 2 heterocycles. The number of allylic oxidation sites excluding steroid dienone is 1. The molecule has 0 unspecified atom stereocenters. The van der Waals surface area contributed by atoms with Crippen LogP contribution in [0.3, 0.4) is 0 Å². The first kappa shape index (κ1) is 26.4. The van der Waals surface area contributed by atoms with Crippen LogP contribution in [-0.2, 0) is 22.6 Å². The molecule has 1 saturated heterocycles. The summed E-state index contributed by atoms with van der Waals surface area (Å²) in [5.74, 6) is -5.98. The number of carbonyl (C=O) groups excluding carboxylic acids is 3. The zero-order valence-electron chi connectivity index (χ0n) is 19.9. The number of rotatable bonds is 8. The first-order chi connectivity index (χ1) is 18.1. The molecule has 2 N–H and O–H groups in total. The molecular weight excluding hydrogens is 503 g/mol. The van der Waals surface area contributed by atoms with Crippen molar-refractivity contribution >= 4 is 17.6 Å². The van der Waals surface area contributed by atoms with E-state index in [0.717, 1.165) is 33.8 Å². The van der Waals surface area contributed by atoms with Gasteiger partial charge in [-0.2, -0.15) is 0 Å². The minimum atomic E-state index is -1.13. The van der Waals surface area contributed by atoms with Gasteiger partial charge in [0, 0.05) is 37.2 Å². The smallest absolute Gasteiger partial charge is 0.304 e. The van der Waals surface area contributed by atoms with Gasteiger partial charge in [-0.3, -0.25) is 29.6 Å². The fourth-order valence-electron chi connectivity index (χ4n) is 4.02. The van der Waals surface area contributed by atoms with E-state index >= 15 is 0 Å². The normalized spacial score (nSPS) is 13.6. The molecule has 4 rings (SSSR count). The average Bonchev–Trinajstić information content (AvgIpc) is 3.28. The predicted octanol–water partition coefficient (Wildman–Crippen LogP) is 3.18. The minimum absolute atomic E-state index is 0.0692. The molecule has 3 aromatic rings. The highest BCUT2D eigenvalue weighted by atomic mass is 19.1. The van der Waals surface area contributed by atoms with Crippen LogP contribution in [0, 0.1) is 17.5 Å². The molecule has 1 fully saturated rings. The number of nitrogens with zero attached hydrogens (tertiary/aromatic N) is 2. The summed E-state index contributed by atoms with van der Waals surface area (Å²) >= 11 is 0. The molecule has 1 aromatic heterocycles. The lowest BCUT2D eigenvalue weighted by atomic mass is 10.0. The fourth-order valence-corrected chi connectivity index (χ4v) is 4.02. The van der Waals surface area contributed by atoms with Crippen LogP contribution in [0.2, 0.25) is 0 Å². The highest BCUT2D eigenvalue weighted by Crippen LogP contribution is 2.17. The quantitative estimate of drug-likeness (QED) is 0.267. The number of aromatic nitrogens is 1. The first-order valence-electron chi connectivity index (χ1n) is 11.6. The van der Waals surface area contributed by atoms with E-state index in [2.05, 4.69) is 5.43 Å². The van der Waals surface area contributed by atoms with Gasteiger partial charge < -0.3 is 9.67 Å². The van der Waals surface area contributed by atoms with E-state index in [4.69, 9.17) is 0 Å². The summed E-state index contributed by atoms with van der Waals surface area (Å²) in [5, 5.41) is 11.1. The second kappa shape index (κ2) is 11.2. The van der Waals surface area contributed by atoms with Crippen LogP contribution in [0.25, 0.3) is 0 Å². The van der Waals surface area contributed by atoms with Crippen LogP contribution in [0.4, 0.5) is 13.2 Å². The Labute approximate surface area is 214 Å². The SMILES string of the molecule is O=C(NN1CCCC1=O)/C(O)=C/C(=O)c1cc(Cc2ccccc2F)cn(Cc2c(F)cccc2F)c1=O. The van der Waals surface area contributed by atoms with E-state index in [1.807, 2.05) is 0 Å². The van der Waals surface area contributed by atoms with Crippen LogP contribution < -0.4 is 11.0 Å². The summed E-state index contributed by atoms with van der Waals surface area (Å²) in [5.41, 5.74) is 0.771. The van der Waals surface area contributed by atoms with Crippen molar-refractivity contribution < 1.29 is 32.7 Å². The van der Waals surface area contributed by atoms with Gasteiger partial charge in [0.1, 0.15) is 17.5 Å². The number of nitrogens with one attached hydrogen (secondary N) is 1. The number of amides is 2. The van der Waals surface area contributed by atoms with Gasteiger partial charge in [-0.15, -0.1) is 0 Å². The molecule has 196 valence electrons. The van der Waals surface area contributed by atoms with E-state index in [-0.39, 0.29) is 36.4 Å². The van der Waals surface area contributed by atoms with Crippen molar-refractivity contribution in [2.24, 2.45) is 0 Å². The molecule has 8 nitrogen and oxygen atoms in total. The molecule has 38 heavy (non-hydrogen) atoms. The zero-order valence-corrected chi connectivity index (χ0v) is 19.9. The average molecular weight is 525 g/mol. The number of carbonyl (C=O) groups is 3. The van der Waals surface area contributed by atoms with Crippen molar-refractivity contribution in [3.8, 4) is 0 Å². The highest BCUT2D eigenvalue weighted by Gasteiger charge is 2.24. The second-order valence-corrected chi connectivity index (χ2v) is 8.65. The number of hydrogen-bond donors (Lipinski definition) is 2. The molecule has 0 aliphatic carbocycles. The lowest BCUT2D eigenvalue weighted by Crippen LogP contribution is -2.43. The fraction of sp³-hybridized carbons (Fsp3) is 0.185. The summed E-state index contributed by atoms with van der Waals surface area (Å²) in [6, 6.07) is 10.2. The van der Waals surface area contributed by atoms with Gasteiger partial charge in [0.25, 0.3) is 5.56 Å². The van der Waals surface area contributed by atoms with Gasteiger partial charge in [0.15, 0.2) is 11.5 Å². The molecule has 0 saturated carbocycles. The Bertz CT molecular complexity index is 1500. The zero-order chi connectivity index (χ0) is 27.4. The number of halogens is 3. The summed E-state index contributed by atoms with van der Waals surface area (Å²) in [7, 11) is 0. The van der Waals surface area contributed by atoms with E-state index in [1.54, 1.807) is 6.07 Å². The van der Waals surface area contributed by atoms with E-state index < -0.39 is 58.1 Å². The van der Waals surface area contributed by atoms with Crippen LogP contribution >= 0.6 is 0 Å². The van der Waals surface area contributed by atoms with Crippen LogP contribution in [0.15, 0.2) is 71.4 Å². The molecule has 2 amide bonds. The third-order valence-corrected chi connectivity index (χ3v) is 5.96. The van der Waals surface area contributed by atoms with Gasteiger partial charge in [0.05, 0.1) is 12.1 Å². The van der Waals surface area contributed by atoms with Crippen LogP contribution in [-0.4, -0.2) is 38.8 Å². The lowest BCUT2D eigenvalue weighted by Gasteiger charge is -2.16. The molecule has 11 heteroatoms. The Morgan fingerprint density at radius 3 is 2.34 bits per heavy atom. The second-order valence-electron chi connectivity index (χ2n) is 8.65. The first-order valence-corrected chi connectivity index (χ1v) is 11.6. The van der Waals surface area contributed by atoms with Crippen molar-refractivity contribution in [2.75, 3.05) is 6.54 Å². The highest BCUT2D eigenvalue weighted by molar-refractivity contribution is 6.08. The Kier molecular flexibility index (Phi) is 7.75. The number of hydrogen-bond acceptors (Lipinski definition) is 5. The standard InChI is InChI=1S/C27H22F3N3O5/c28-20-6-2-1-5-17(20)11-16-12-18(23(34)13-24(35)26(37)31-33-10-4-9-25(33)36)27(38)32(14-16)15-19-21(29)7-3-8-22(19)30/h1-3,5-8,12-14,35H,4,9-11,15H2,(H,31,37)/b24-13-. The van der Waals surface area contributed by atoms with E-state index in [1.165, 1.54) is 24.4 Å². The van der Waals surface area contributed by atoms with Gasteiger partial charge in [-0.05, 0) is 41.8 Å². The Hall–Kier alpha value is -4.67. The van der Waals surface area contributed by atoms with Gasteiger partial charge in [0.2, 0.25) is 5.91 Å². The van der Waals surface area contributed by atoms with Gasteiger partial charge >= 0.3 is 5.91 Å². The maximum absolute atomic E-state index is 14.3. The summed E-state index contributed by atoms with van der Waals surface area (Å²) in [6.07, 6.45) is 2.43. The lowest BCUT2D eigenvalue weighted by molar-refractivity contribution is -0.137. The predicted molar refractivity (Wildman–Crippen MR) is 130 cm³/mol. The maximum Gasteiger partial charge on any atom is 0.304 e. The molecule has 0 spiro atoms. The van der Waals surface area contributed by atoms with Crippen LogP contribution in [0.1, 0.15) is 39.9 Å². The molecule has 0 atom stereocenters. The monoisotopic (exact) mass is 525 g/mol. The number of ketones is 1. The Balaban J connectivity index is 1.70. The summed E-state index contributed by atoms with van der Waals surface area (Å²) < 4.78 is 43.8.